The van der Waals surface area contributed by atoms with Crippen molar-refractivity contribution < 1.29 is 38.9 Å². The van der Waals surface area contributed by atoms with Crippen LogP contribution in [0.4, 0.5) is 10.5 Å². The van der Waals surface area contributed by atoms with Crippen LogP contribution in [0.2, 0.25) is 0 Å². The summed E-state index contributed by atoms with van der Waals surface area (Å²) >= 11 is 0. The van der Waals surface area contributed by atoms with E-state index < -0.39 is 24.2 Å². The number of phenolic OH excluding ortho intramolecular Hbond substituents is 1. The lowest BCUT2D eigenvalue weighted by Gasteiger charge is -2.26. The second-order valence-electron chi connectivity index (χ2n) is 7.34. The molecule has 0 unspecified atom stereocenters. The summed E-state index contributed by atoms with van der Waals surface area (Å²) in [4.78, 5) is 24.5. The van der Waals surface area contributed by atoms with Crippen LogP contribution < -0.4 is 25.0 Å². The fourth-order valence-electron chi connectivity index (χ4n) is 3.30. The van der Waals surface area contributed by atoms with Crippen molar-refractivity contribution in [3.05, 3.63) is 90.5 Å². The van der Waals surface area contributed by atoms with Gasteiger partial charge in [0.2, 0.25) is 6.79 Å². The van der Waals surface area contributed by atoms with Crippen LogP contribution in [0.5, 0.6) is 23.0 Å². The highest BCUT2D eigenvalue weighted by Crippen LogP contribution is 2.34. The van der Waals surface area contributed by atoms with Crippen LogP contribution in [0.1, 0.15) is 11.7 Å². The number of hydroxylamine groups is 1. The van der Waals surface area contributed by atoms with Gasteiger partial charge in [0.15, 0.2) is 23.7 Å². The molecule has 0 spiro atoms. The number of carbonyl (C=O) groups is 2. The number of para-hydroxylation sites is 1. The number of rotatable bonds is 8. The van der Waals surface area contributed by atoms with Crippen LogP contribution >= 0.6 is 0 Å². The Morgan fingerprint density at radius 2 is 1.71 bits per heavy atom. The van der Waals surface area contributed by atoms with Gasteiger partial charge in [0.05, 0.1) is 0 Å². The average Bonchev–Trinajstić information content (AvgIpc) is 3.34. The Labute approximate surface area is 200 Å². The number of anilines is 1. The van der Waals surface area contributed by atoms with Crippen LogP contribution in [0.25, 0.3) is 0 Å². The largest absolute Gasteiger partial charge is 0.508 e. The Bertz CT molecular complexity index is 1200. The molecule has 35 heavy (non-hydrogen) atoms. The molecule has 0 saturated carbocycles. The molecule has 0 aromatic heterocycles. The lowest BCUT2D eigenvalue weighted by atomic mass is 10.0. The predicted octanol–water partition coefficient (Wildman–Crippen LogP) is 3.92. The third-order valence-corrected chi connectivity index (χ3v) is 4.94. The molecule has 180 valence electrons. The summed E-state index contributed by atoms with van der Waals surface area (Å²) in [5.74, 6) is 0.736. The normalized spacial score (nSPS) is 13.6. The molecule has 10 heteroatoms. The van der Waals surface area contributed by atoms with Crippen molar-refractivity contribution in [2.45, 2.75) is 12.2 Å². The Morgan fingerprint density at radius 1 is 0.971 bits per heavy atom. The van der Waals surface area contributed by atoms with Gasteiger partial charge in [-0.1, -0.05) is 30.3 Å². The summed E-state index contributed by atoms with van der Waals surface area (Å²) in [6, 6.07) is 19.6. The van der Waals surface area contributed by atoms with E-state index in [9.17, 15) is 14.7 Å². The lowest BCUT2D eigenvalue weighted by molar-refractivity contribution is -0.124. The van der Waals surface area contributed by atoms with E-state index >= 15 is 0 Å². The van der Waals surface area contributed by atoms with Gasteiger partial charge < -0.3 is 24.1 Å². The first kappa shape index (κ1) is 23.5. The van der Waals surface area contributed by atoms with Crippen molar-refractivity contribution in [1.82, 2.24) is 5.48 Å². The molecule has 0 bridgehead atoms. The fraction of sp³-hybridized carbons (Fsp3) is 0.120. The van der Waals surface area contributed by atoms with Gasteiger partial charge in [0.1, 0.15) is 11.5 Å². The van der Waals surface area contributed by atoms with Gasteiger partial charge in [-0.15, -0.1) is 0 Å². The van der Waals surface area contributed by atoms with Crippen molar-refractivity contribution in [2.24, 2.45) is 0 Å². The number of ether oxygens (including phenoxy) is 4. The molecule has 4 N–H and O–H groups in total. The first-order chi connectivity index (χ1) is 17.0. The van der Waals surface area contributed by atoms with E-state index in [4.69, 9.17) is 24.2 Å². The number of hydrogen-bond donors (Lipinski definition) is 4. The van der Waals surface area contributed by atoms with Crippen molar-refractivity contribution in [3.8, 4) is 23.0 Å². The molecule has 0 radical (unpaired) electrons. The number of carbonyl (C=O) groups excluding carboxylic acids is 2. The molecule has 2 atom stereocenters. The molecule has 4 rings (SSSR count). The molecular weight excluding hydrogens is 456 g/mol. The maximum absolute atomic E-state index is 12.9. The van der Waals surface area contributed by atoms with E-state index in [1.165, 1.54) is 23.7 Å². The van der Waals surface area contributed by atoms with Crippen molar-refractivity contribution in [3.63, 3.8) is 0 Å². The molecule has 1 aliphatic heterocycles. The summed E-state index contributed by atoms with van der Waals surface area (Å²) in [6.07, 6.45) is -0.428. The van der Waals surface area contributed by atoms with Gasteiger partial charge in [-0.25, -0.2) is 10.3 Å². The summed E-state index contributed by atoms with van der Waals surface area (Å²) in [5, 5.41) is 21.2. The smallest absolute Gasteiger partial charge is 0.412 e. The third kappa shape index (κ3) is 6.21. The molecule has 1 aliphatic rings. The summed E-state index contributed by atoms with van der Waals surface area (Å²) < 4.78 is 22.3. The number of benzene rings is 3. The zero-order chi connectivity index (χ0) is 24.6. The maximum atomic E-state index is 12.9. The minimum atomic E-state index is -1.05. The maximum Gasteiger partial charge on any atom is 0.412 e. The molecule has 0 fully saturated rings. The Hall–Kier alpha value is -4.70. The second-order valence-corrected chi connectivity index (χ2v) is 7.34. The number of phenols is 1. The van der Waals surface area contributed by atoms with Crippen LogP contribution in [0, 0.1) is 0 Å². The van der Waals surface area contributed by atoms with Crippen LogP contribution in [-0.2, 0) is 9.53 Å². The second kappa shape index (κ2) is 10.9. The molecular formula is C25H22N2O8. The van der Waals surface area contributed by atoms with Gasteiger partial charge in [-0.2, -0.15) is 0 Å². The Balaban J connectivity index is 1.61. The number of fused-ring (bicyclic) bond motifs is 1. The Morgan fingerprint density at radius 3 is 2.46 bits per heavy atom. The number of amides is 2. The number of aromatic hydroxyl groups is 1. The summed E-state index contributed by atoms with van der Waals surface area (Å²) in [5.41, 5.74) is 2.41. The first-order valence-electron chi connectivity index (χ1n) is 10.5. The monoisotopic (exact) mass is 478 g/mol. The van der Waals surface area contributed by atoms with E-state index in [0.29, 0.717) is 28.5 Å². The van der Waals surface area contributed by atoms with Gasteiger partial charge in [0, 0.05) is 17.8 Å². The average molecular weight is 478 g/mol. The lowest BCUT2D eigenvalue weighted by Crippen LogP contribution is -2.30. The Kier molecular flexibility index (Phi) is 7.34. The zero-order valence-electron chi connectivity index (χ0n) is 18.3. The molecule has 3 aromatic carbocycles. The van der Waals surface area contributed by atoms with E-state index in [2.05, 4.69) is 5.32 Å². The minimum absolute atomic E-state index is 0.0213. The molecule has 2 amide bonds. The van der Waals surface area contributed by atoms with Crippen LogP contribution in [-0.4, -0.2) is 35.2 Å². The SMILES string of the molecule is O=C(/C=C/[C@H](Oc1ccccc1)[C@@H](OC(=O)Nc1ccc2c(c1)OCO2)c1ccc(O)cc1)NO. The van der Waals surface area contributed by atoms with Crippen molar-refractivity contribution in [1.29, 1.82) is 0 Å². The summed E-state index contributed by atoms with van der Waals surface area (Å²) in [6.45, 7) is 0.0957. The van der Waals surface area contributed by atoms with Crippen LogP contribution in [0.3, 0.4) is 0 Å². The third-order valence-electron chi connectivity index (χ3n) is 4.94. The van der Waals surface area contributed by atoms with Crippen LogP contribution in [0.15, 0.2) is 84.9 Å². The fourth-order valence-corrected chi connectivity index (χ4v) is 3.30. The minimum Gasteiger partial charge on any atom is -0.508 e. The quantitative estimate of drug-likeness (QED) is 0.217. The first-order valence-corrected chi connectivity index (χ1v) is 10.5. The van der Waals surface area contributed by atoms with Gasteiger partial charge >= 0.3 is 6.09 Å². The topological polar surface area (TPSA) is 136 Å². The van der Waals surface area contributed by atoms with Gasteiger partial charge in [-0.3, -0.25) is 15.3 Å². The van der Waals surface area contributed by atoms with E-state index in [-0.39, 0.29) is 12.5 Å². The van der Waals surface area contributed by atoms with Crippen molar-refractivity contribution in [2.75, 3.05) is 12.1 Å². The highest BCUT2D eigenvalue weighted by molar-refractivity contribution is 5.87. The highest BCUT2D eigenvalue weighted by Gasteiger charge is 2.28. The molecule has 0 saturated heterocycles. The highest BCUT2D eigenvalue weighted by atomic mass is 16.7. The molecule has 3 aromatic rings. The molecule has 1 heterocycles. The zero-order valence-corrected chi connectivity index (χ0v) is 18.3. The standard InChI is InChI=1S/C25H22N2O8/c28-18-9-6-16(7-10-18)24(21(12-13-23(29)27-31)34-19-4-2-1-3-5-19)35-25(30)26-17-8-11-20-22(14-17)33-15-32-20/h1-14,21,24,28,31H,15H2,(H,26,30)(H,27,29)/b13-12+/t21-,24-/m0/s1. The van der Waals surface area contributed by atoms with Gasteiger partial charge in [-0.05, 0) is 48.0 Å². The number of nitrogens with one attached hydrogen (secondary N) is 2. The molecule has 0 aliphatic carbocycles. The van der Waals surface area contributed by atoms with Crippen molar-refractivity contribution >= 4 is 17.7 Å². The van der Waals surface area contributed by atoms with E-state index in [0.717, 1.165) is 6.08 Å². The predicted molar refractivity (Wildman–Crippen MR) is 123 cm³/mol. The van der Waals surface area contributed by atoms with Gasteiger partial charge in [0.25, 0.3) is 5.91 Å². The van der Waals surface area contributed by atoms with E-state index in [1.54, 1.807) is 54.6 Å². The molecule has 10 nitrogen and oxygen atoms in total. The van der Waals surface area contributed by atoms with E-state index in [1.807, 2.05) is 6.07 Å². The number of hydrogen-bond acceptors (Lipinski definition) is 8. The summed E-state index contributed by atoms with van der Waals surface area (Å²) in [7, 11) is 0.